The van der Waals surface area contributed by atoms with Gasteiger partial charge < -0.3 is 15.5 Å². The van der Waals surface area contributed by atoms with E-state index in [1.807, 2.05) is 30.3 Å². The van der Waals surface area contributed by atoms with Gasteiger partial charge >= 0.3 is 5.69 Å². The summed E-state index contributed by atoms with van der Waals surface area (Å²) < 4.78 is 5.23. The lowest BCUT2D eigenvalue weighted by molar-refractivity contribution is -0.383. The molecule has 0 amide bonds. The van der Waals surface area contributed by atoms with Crippen molar-refractivity contribution in [1.29, 1.82) is 0 Å². The van der Waals surface area contributed by atoms with Crippen LogP contribution in [0.1, 0.15) is 12.0 Å². The maximum Gasteiger partial charge on any atom is 0.340 e. The highest BCUT2D eigenvalue weighted by Gasteiger charge is 2.26. The third kappa shape index (κ3) is 3.92. The standard InChI is InChI=1S/C17H17N5O3/c18-17-20-14(13-9-5-11-25-13)15(22(23)24)16(21-17)19-10-4-8-12-6-2-1-3-7-12/h1-3,5-7,9,11H,4,8,10H2,(H3,18,19,20,21). The summed E-state index contributed by atoms with van der Waals surface area (Å²) in [5.41, 5.74) is 6.73. The normalized spacial score (nSPS) is 10.6. The molecule has 0 aliphatic rings. The van der Waals surface area contributed by atoms with Crippen LogP contribution in [0.3, 0.4) is 0 Å². The SMILES string of the molecule is Nc1nc(NCCCc2ccccc2)c([N+](=O)[O-])c(-c2ccco2)n1. The first kappa shape index (κ1) is 16.4. The summed E-state index contributed by atoms with van der Waals surface area (Å²) >= 11 is 0. The van der Waals surface area contributed by atoms with Gasteiger partial charge in [0.05, 0.1) is 11.2 Å². The van der Waals surface area contributed by atoms with E-state index >= 15 is 0 Å². The van der Waals surface area contributed by atoms with Crippen molar-refractivity contribution < 1.29 is 9.34 Å². The van der Waals surface area contributed by atoms with Crippen LogP contribution in [0.15, 0.2) is 53.1 Å². The number of rotatable bonds is 7. The number of aryl methyl sites for hydroxylation is 1. The molecule has 2 aromatic heterocycles. The number of nitrogens with one attached hydrogen (secondary N) is 1. The number of nitro groups is 1. The highest BCUT2D eigenvalue weighted by molar-refractivity contribution is 5.75. The average molecular weight is 339 g/mol. The number of nitrogens with zero attached hydrogens (tertiary/aromatic N) is 3. The Labute approximate surface area is 143 Å². The first-order valence-corrected chi connectivity index (χ1v) is 7.78. The summed E-state index contributed by atoms with van der Waals surface area (Å²) in [6.45, 7) is 0.518. The highest BCUT2D eigenvalue weighted by atomic mass is 16.6. The van der Waals surface area contributed by atoms with Crippen LogP contribution in [0.4, 0.5) is 17.5 Å². The second-order valence-corrected chi connectivity index (χ2v) is 5.38. The minimum Gasteiger partial charge on any atom is -0.462 e. The lowest BCUT2D eigenvalue weighted by Crippen LogP contribution is -2.11. The number of benzene rings is 1. The zero-order valence-corrected chi connectivity index (χ0v) is 13.4. The van der Waals surface area contributed by atoms with E-state index in [1.54, 1.807) is 12.1 Å². The molecule has 0 fully saturated rings. The van der Waals surface area contributed by atoms with Crippen molar-refractivity contribution >= 4 is 17.5 Å². The number of hydrogen-bond donors (Lipinski definition) is 2. The Bertz CT molecular complexity index is 850. The van der Waals surface area contributed by atoms with Crippen molar-refractivity contribution in [3.05, 3.63) is 64.4 Å². The van der Waals surface area contributed by atoms with Gasteiger partial charge in [-0.3, -0.25) is 10.1 Å². The molecule has 0 atom stereocenters. The lowest BCUT2D eigenvalue weighted by Gasteiger charge is -2.09. The molecule has 0 saturated carbocycles. The van der Waals surface area contributed by atoms with Crippen molar-refractivity contribution in [2.45, 2.75) is 12.8 Å². The van der Waals surface area contributed by atoms with Gasteiger partial charge in [0.1, 0.15) is 0 Å². The topological polar surface area (TPSA) is 120 Å². The van der Waals surface area contributed by atoms with Gasteiger partial charge in [-0.2, -0.15) is 4.98 Å². The zero-order chi connectivity index (χ0) is 17.6. The van der Waals surface area contributed by atoms with Gasteiger partial charge in [0, 0.05) is 6.54 Å². The molecule has 0 unspecified atom stereocenters. The predicted molar refractivity (Wildman–Crippen MR) is 94.1 cm³/mol. The number of furan rings is 1. The Balaban J connectivity index is 1.77. The van der Waals surface area contributed by atoms with E-state index in [0.717, 1.165) is 12.8 Å². The quantitative estimate of drug-likeness (QED) is 0.385. The fourth-order valence-electron chi connectivity index (χ4n) is 2.50. The first-order valence-electron chi connectivity index (χ1n) is 7.78. The van der Waals surface area contributed by atoms with Crippen LogP contribution >= 0.6 is 0 Å². The van der Waals surface area contributed by atoms with Crippen molar-refractivity contribution in [2.75, 3.05) is 17.6 Å². The summed E-state index contributed by atoms with van der Waals surface area (Å²) in [5, 5.41) is 14.5. The van der Waals surface area contributed by atoms with Gasteiger partial charge in [-0.05, 0) is 30.5 Å². The molecule has 0 aliphatic carbocycles. The van der Waals surface area contributed by atoms with Crippen LogP contribution in [-0.2, 0) is 6.42 Å². The number of nitrogen functional groups attached to an aromatic ring is 1. The van der Waals surface area contributed by atoms with Crippen molar-refractivity contribution in [3.63, 3.8) is 0 Å². The Morgan fingerprint density at radius 3 is 2.64 bits per heavy atom. The number of aromatic nitrogens is 2. The predicted octanol–water partition coefficient (Wildman–Crippen LogP) is 3.27. The van der Waals surface area contributed by atoms with Gasteiger partial charge in [0.15, 0.2) is 11.5 Å². The third-order valence-corrected chi connectivity index (χ3v) is 3.62. The monoisotopic (exact) mass is 339 g/mol. The fraction of sp³-hybridized carbons (Fsp3) is 0.176. The van der Waals surface area contributed by atoms with Crippen molar-refractivity contribution in [2.24, 2.45) is 0 Å². The smallest absolute Gasteiger partial charge is 0.340 e. The first-order chi connectivity index (χ1) is 12.1. The summed E-state index contributed by atoms with van der Waals surface area (Å²) in [6.07, 6.45) is 3.07. The van der Waals surface area contributed by atoms with Gasteiger partial charge in [-0.15, -0.1) is 0 Å². The van der Waals surface area contributed by atoms with Crippen LogP contribution in [0, 0.1) is 10.1 Å². The molecule has 3 rings (SSSR count). The maximum atomic E-state index is 11.5. The van der Waals surface area contributed by atoms with Gasteiger partial charge in [0.25, 0.3) is 0 Å². The molecule has 2 heterocycles. The van der Waals surface area contributed by atoms with Crippen molar-refractivity contribution in [1.82, 2.24) is 9.97 Å². The molecule has 0 spiro atoms. The molecule has 0 saturated heterocycles. The Hall–Kier alpha value is -3.42. The molecular weight excluding hydrogens is 322 g/mol. The van der Waals surface area contributed by atoms with Crippen LogP contribution in [0.25, 0.3) is 11.5 Å². The van der Waals surface area contributed by atoms with E-state index in [4.69, 9.17) is 10.2 Å². The van der Waals surface area contributed by atoms with Crippen molar-refractivity contribution in [3.8, 4) is 11.5 Å². The Morgan fingerprint density at radius 1 is 1.16 bits per heavy atom. The molecule has 0 radical (unpaired) electrons. The fourth-order valence-corrected chi connectivity index (χ4v) is 2.50. The Kier molecular flexibility index (Phi) is 4.89. The minimum absolute atomic E-state index is 0.0532. The minimum atomic E-state index is -0.531. The highest BCUT2D eigenvalue weighted by Crippen LogP contribution is 2.34. The molecule has 0 aliphatic heterocycles. The van der Waals surface area contributed by atoms with E-state index < -0.39 is 4.92 Å². The second kappa shape index (κ2) is 7.43. The van der Waals surface area contributed by atoms with Gasteiger partial charge in [-0.25, -0.2) is 4.98 Å². The van der Waals surface area contributed by atoms with Gasteiger partial charge in [-0.1, -0.05) is 30.3 Å². The van der Waals surface area contributed by atoms with E-state index in [2.05, 4.69) is 15.3 Å². The molecule has 8 heteroatoms. The van der Waals surface area contributed by atoms with Crippen LogP contribution in [-0.4, -0.2) is 21.4 Å². The molecule has 1 aromatic carbocycles. The second-order valence-electron chi connectivity index (χ2n) is 5.38. The van der Waals surface area contributed by atoms with Crippen LogP contribution in [0.2, 0.25) is 0 Å². The molecule has 3 aromatic rings. The van der Waals surface area contributed by atoms with Crippen LogP contribution in [0.5, 0.6) is 0 Å². The Morgan fingerprint density at radius 2 is 1.96 bits per heavy atom. The van der Waals surface area contributed by atoms with E-state index in [9.17, 15) is 10.1 Å². The zero-order valence-electron chi connectivity index (χ0n) is 13.4. The molecule has 25 heavy (non-hydrogen) atoms. The molecule has 0 bridgehead atoms. The van der Waals surface area contributed by atoms with E-state index in [-0.39, 0.29) is 28.9 Å². The molecule has 3 N–H and O–H groups in total. The summed E-state index contributed by atoms with van der Waals surface area (Å²) in [5.74, 6) is 0.313. The largest absolute Gasteiger partial charge is 0.462 e. The molecule has 8 nitrogen and oxygen atoms in total. The van der Waals surface area contributed by atoms with Crippen LogP contribution < -0.4 is 11.1 Å². The molecule has 128 valence electrons. The average Bonchev–Trinajstić information content (AvgIpc) is 3.13. The van der Waals surface area contributed by atoms with E-state index in [1.165, 1.54) is 11.8 Å². The molecular formula is C17H17N5O3. The summed E-state index contributed by atoms with van der Waals surface area (Å²) in [6, 6.07) is 13.2. The third-order valence-electron chi connectivity index (χ3n) is 3.62. The van der Waals surface area contributed by atoms with E-state index in [0.29, 0.717) is 6.54 Å². The number of anilines is 2. The number of nitrogens with two attached hydrogens (primary N) is 1. The van der Waals surface area contributed by atoms with Gasteiger partial charge in [0.2, 0.25) is 11.8 Å². The lowest BCUT2D eigenvalue weighted by atomic mass is 10.1. The summed E-state index contributed by atoms with van der Waals surface area (Å²) in [7, 11) is 0. The summed E-state index contributed by atoms with van der Waals surface area (Å²) in [4.78, 5) is 18.9. The maximum absolute atomic E-state index is 11.5. The number of hydrogen-bond acceptors (Lipinski definition) is 7.